The number of hydrogen-bond donors (Lipinski definition) is 1. The van der Waals surface area contributed by atoms with E-state index in [0.29, 0.717) is 32.2 Å². The number of amides is 1. The molecule has 0 unspecified atom stereocenters. The number of ether oxygens (including phenoxy) is 2. The highest BCUT2D eigenvalue weighted by molar-refractivity contribution is 7.22. The molecule has 0 bridgehead atoms. The Hall–Kier alpha value is -2.02. The number of rotatable bonds is 5. The number of carbonyl (C=O) groups excluding carboxylic acids is 1. The number of carbonyl (C=O) groups is 1. The molecule has 0 aliphatic carbocycles. The first-order chi connectivity index (χ1) is 11.6. The topological polar surface area (TPSA) is 60.5 Å². The zero-order chi connectivity index (χ0) is 17.1. The van der Waals surface area contributed by atoms with Crippen LogP contribution in [0, 0.1) is 0 Å². The van der Waals surface area contributed by atoms with Gasteiger partial charge in [-0.1, -0.05) is 40.6 Å². The SMILES string of the molecule is COc1cccc2sc(NC(=O)COc3ccc(Cl)cc3Cl)nc12. The quantitative estimate of drug-likeness (QED) is 0.698. The van der Waals surface area contributed by atoms with Crippen molar-refractivity contribution in [3.8, 4) is 11.5 Å². The van der Waals surface area contributed by atoms with Gasteiger partial charge in [0.25, 0.3) is 5.91 Å². The van der Waals surface area contributed by atoms with Gasteiger partial charge in [0.1, 0.15) is 17.0 Å². The van der Waals surface area contributed by atoms with Gasteiger partial charge >= 0.3 is 0 Å². The first kappa shape index (κ1) is 16.8. The largest absolute Gasteiger partial charge is 0.494 e. The Morgan fingerprint density at radius 1 is 1.25 bits per heavy atom. The van der Waals surface area contributed by atoms with Crippen molar-refractivity contribution in [1.82, 2.24) is 4.98 Å². The molecule has 0 radical (unpaired) electrons. The molecule has 1 aromatic heterocycles. The summed E-state index contributed by atoms with van der Waals surface area (Å²) in [6.07, 6.45) is 0. The zero-order valence-corrected chi connectivity index (χ0v) is 14.8. The smallest absolute Gasteiger partial charge is 0.264 e. The molecule has 5 nitrogen and oxygen atoms in total. The molecule has 3 aromatic rings. The second kappa shape index (κ2) is 7.25. The summed E-state index contributed by atoms with van der Waals surface area (Å²) in [4.78, 5) is 16.4. The van der Waals surface area contributed by atoms with Crippen molar-refractivity contribution in [2.24, 2.45) is 0 Å². The summed E-state index contributed by atoms with van der Waals surface area (Å²) in [6, 6.07) is 10.4. The van der Waals surface area contributed by atoms with Crippen molar-refractivity contribution >= 4 is 55.8 Å². The third kappa shape index (κ3) is 3.72. The van der Waals surface area contributed by atoms with Crippen LogP contribution in [-0.2, 0) is 4.79 Å². The number of thiazole rings is 1. The van der Waals surface area contributed by atoms with E-state index in [-0.39, 0.29) is 12.5 Å². The van der Waals surface area contributed by atoms with Gasteiger partial charge < -0.3 is 9.47 Å². The fraction of sp³-hybridized carbons (Fsp3) is 0.125. The van der Waals surface area contributed by atoms with Gasteiger partial charge in [-0.2, -0.15) is 0 Å². The fourth-order valence-corrected chi connectivity index (χ4v) is 3.40. The summed E-state index contributed by atoms with van der Waals surface area (Å²) in [7, 11) is 1.58. The van der Waals surface area contributed by atoms with E-state index in [1.54, 1.807) is 25.3 Å². The predicted molar refractivity (Wildman–Crippen MR) is 96.8 cm³/mol. The summed E-state index contributed by atoms with van der Waals surface area (Å²) in [6.45, 7) is -0.186. The normalized spacial score (nSPS) is 10.6. The molecule has 1 heterocycles. The lowest BCUT2D eigenvalue weighted by atomic mass is 10.3. The highest BCUT2D eigenvalue weighted by Crippen LogP contribution is 2.32. The number of aromatic nitrogens is 1. The van der Waals surface area contributed by atoms with Crippen LogP contribution in [0.1, 0.15) is 0 Å². The molecule has 0 aliphatic rings. The maximum absolute atomic E-state index is 12.0. The minimum absolute atomic E-state index is 0.186. The molecule has 24 heavy (non-hydrogen) atoms. The van der Waals surface area contributed by atoms with Gasteiger partial charge in [0.15, 0.2) is 11.7 Å². The Labute approximate surface area is 152 Å². The summed E-state index contributed by atoms with van der Waals surface area (Å²) in [5.74, 6) is 0.717. The lowest BCUT2D eigenvalue weighted by Crippen LogP contribution is -2.20. The first-order valence-electron chi connectivity index (χ1n) is 6.88. The standard InChI is InChI=1S/C16H12Cl2N2O3S/c1-22-12-3-2-4-13-15(12)20-16(24-13)19-14(21)8-23-11-6-5-9(17)7-10(11)18/h2-7H,8H2,1H3,(H,19,20,21). The van der Waals surface area contributed by atoms with Crippen molar-refractivity contribution in [2.45, 2.75) is 0 Å². The molecule has 0 fully saturated rings. The lowest BCUT2D eigenvalue weighted by Gasteiger charge is -2.07. The Bertz CT molecular complexity index is 898. The van der Waals surface area contributed by atoms with E-state index in [1.807, 2.05) is 18.2 Å². The first-order valence-corrected chi connectivity index (χ1v) is 8.45. The number of benzene rings is 2. The minimum atomic E-state index is -0.334. The van der Waals surface area contributed by atoms with Crippen molar-refractivity contribution in [3.05, 3.63) is 46.4 Å². The number of nitrogens with one attached hydrogen (secondary N) is 1. The number of nitrogens with zero attached hydrogens (tertiary/aromatic N) is 1. The van der Waals surface area contributed by atoms with Crippen LogP contribution in [0.5, 0.6) is 11.5 Å². The summed E-state index contributed by atoms with van der Waals surface area (Å²) >= 11 is 13.2. The molecule has 0 aliphatic heterocycles. The van der Waals surface area contributed by atoms with Gasteiger partial charge in [-0.3, -0.25) is 10.1 Å². The van der Waals surface area contributed by atoms with E-state index in [4.69, 9.17) is 32.7 Å². The van der Waals surface area contributed by atoms with E-state index in [9.17, 15) is 4.79 Å². The van der Waals surface area contributed by atoms with E-state index >= 15 is 0 Å². The molecule has 8 heteroatoms. The van der Waals surface area contributed by atoms with Crippen LogP contribution in [0.3, 0.4) is 0 Å². The molecule has 0 spiro atoms. The van der Waals surface area contributed by atoms with E-state index in [2.05, 4.69) is 10.3 Å². The monoisotopic (exact) mass is 382 g/mol. The van der Waals surface area contributed by atoms with Crippen molar-refractivity contribution < 1.29 is 14.3 Å². The Morgan fingerprint density at radius 2 is 2.08 bits per heavy atom. The van der Waals surface area contributed by atoms with Gasteiger partial charge in [-0.05, 0) is 30.3 Å². The average molecular weight is 383 g/mol. The van der Waals surface area contributed by atoms with Crippen molar-refractivity contribution in [3.63, 3.8) is 0 Å². The van der Waals surface area contributed by atoms with Gasteiger partial charge in [-0.25, -0.2) is 4.98 Å². The molecule has 0 saturated heterocycles. The molecule has 0 atom stereocenters. The van der Waals surface area contributed by atoms with E-state index in [1.165, 1.54) is 11.3 Å². The summed E-state index contributed by atoms with van der Waals surface area (Å²) < 4.78 is 11.6. The van der Waals surface area contributed by atoms with Crippen LogP contribution in [0.15, 0.2) is 36.4 Å². The molecule has 3 rings (SSSR count). The van der Waals surface area contributed by atoms with E-state index < -0.39 is 0 Å². The molecule has 0 saturated carbocycles. The summed E-state index contributed by atoms with van der Waals surface area (Å²) in [5.41, 5.74) is 0.710. The van der Waals surface area contributed by atoms with Crippen LogP contribution in [0.4, 0.5) is 5.13 Å². The number of anilines is 1. The van der Waals surface area contributed by atoms with Crippen LogP contribution in [0.25, 0.3) is 10.2 Å². The second-order valence-electron chi connectivity index (χ2n) is 4.74. The Kier molecular flexibility index (Phi) is 5.08. The van der Waals surface area contributed by atoms with E-state index in [0.717, 1.165) is 4.70 Å². The molecular weight excluding hydrogens is 371 g/mol. The fourth-order valence-electron chi connectivity index (χ4n) is 2.03. The van der Waals surface area contributed by atoms with Gasteiger partial charge in [0.05, 0.1) is 16.8 Å². The number of methoxy groups -OCH3 is 1. The lowest BCUT2D eigenvalue weighted by molar-refractivity contribution is -0.118. The predicted octanol–water partition coefficient (Wildman–Crippen LogP) is 4.63. The van der Waals surface area contributed by atoms with Crippen LogP contribution in [0.2, 0.25) is 10.0 Å². The zero-order valence-electron chi connectivity index (χ0n) is 12.5. The number of fused-ring (bicyclic) bond motifs is 1. The number of hydrogen-bond acceptors (Lipinski definition) is 5. The average Bonchev–Trinajstić information content (AvgIpc) is 2.96. The maximum Gasteiger partial charge on any atom is 0.264 e. The highest BCUT2D eigenvalue weighted by Gasteiger charge is 2.12. The number of para-hydroxylation sites is 1. The van der Waals surface area contributed by atoms with Crippen LogP contribution >= 0.6 is 34.5 Å². The van der Waals surface area contributed by atoms with Crippen molar-refractivity contribution in [1.29, 1.82) is 0 Å². The Balaban J connectivity index is 1.66. The van der Waals surface area contributed by atoms with Gasteiger partial charge in [0.2, 0.25) is 0 Å². The molecule has 1 N–H and O–H groups in total. The molecule has 1 amide bonds. The van der Waals surface area contributed by atoms with Crippen LogP contribution in [-0.4, -0.2) is 24.6 Å². The second-order valence-corrected chi connectivity index (χ2v) is 6.61. The molecule has 2 aromatic carbocycles. The minimum Gasteiger partial charge on any atom is -0.494 e. The number of halogens is 2. The highest BCUT2D eigenvalue weighted by atomic mass is 35.5. The summed E-state index contributed by atoms with van der Waals surface area (Å²) in [5, 5.41) is 4.03. The van der Waals surface area contributed by atoms with Gasteiger partial charge in [-0.15, -0.1) is 0 Å². The van der Waals surface area contributed by atoms with Crippen LogP contribution < -0.4 is 14.8 Å². The molecule has 124 valence electrons. The third-order valence-electron chi connectivity index (χ3n) is 3.10. The molecular formula is C16H12Cl2N2O3S. The van der Waals surface area contributed by atoms with Crippen molar-refractivity contribution in [2.75, 3.05) is 19.0 Å². The maximum atomic E-state index is 12.0. The van der Waals surface area contributed by atoms with Gasteiger partial charge in [0, 0.05) is 5.02 Å². The Morgan fingerprint density at radius 3 is 2.83 bits per heavy atom. The third-order valence-corrected chi connectivity index (χ3v) is 4.57.